The molecule has 0 aliphatic heterocycles. The van der Waals surface area contributed by atoms with Crippen LogP contribution in [0.3, 0.4) is 0 Å². The zero-order chi connectivity index (χ0) is 13.7. The first kappa shape index (κ1) is 13.8. The Morgan fingerprint density at radius 3 is 2.42 bits per heavy atom. The van der Waals surface area contributed by atoms with Gasteiger partial charge in [0.1, 0.15) is 5.75 Å². The SMILES string of the molecule is COc1cccc(NC(=S)Nc2ccc(Br)cc2)c1. The van der Waals surface area contributed by atoms with Crippen molar-refractivity contribution < 1.29 is 4.74 Å². The highest BCUT2D eigenvalue weighted by Crippen LogP contribution is 2.18. The van der Waals surface area contributed by atoms with Crippen molar-refractivity contribution in [3.05, 3.63) is 53.0 Å². The van der Waals surface area contributed by atoms with Gasteiger partial charge < -0.3 is 15.4 Å². The third-order valence-corrected chi connectivity index (χ3v) is 3.16. The topological polar surface area (TPSA) is 33.3 Å². The van der Waals surface area contributed by atoms with Crippen LogP contribution in [-0.4, -0.2) is 12.2 Å². The summed E-state index contributed by atoms with van der Waals surface area (Å²) in [6, 6.07) is 15.4. The number of methoxy groups -OCH3 is 1. The van der Waals surface area contributed by atoms with Crippen LogP contribution in [0.2, 0.25) is 0 Å². The minimum absolute atomic E-state index is 0.538. The van der Waals surface area contributed by atoms with Crippen LogP contribution in [0.25, 0.3) is 0 Å². The maximum atomic E-state index is 5.26. The molecule has 0 saturated heterocycles. The molecule has 3 nitrogen and oxygen atoms in total. The molecular weight excluding hydrogens is 324 g/mol. The average Bonchev–Trinajstić information content (AvgIpc) is 2.41. The summed E-state index contributed by atoms with van der Waals surface area (Å²) in [6.45, 7) is 0. The van der Waals surface area contributed by atoms with Crippen molar-refractivity contribution in [2.24, 2.45) is 0 Å². The lowest BCUT2D eigenvalue weighted by Gasteiger charge is -2.11. The lowest BCUT2D eigenvalue weighted by molar-refractivity contribution is 0.415. The highest BCUT2D eigenvalue weighted by Gasteiger charge is 2.00. The van der Waals surface area contributed by atoms with Gasteiger partial charge in [0.25, 0.3) is 0 Å². The number of benzene rings is 2. The second kappa shape index (κ2) is 6.54. The van der Waals surface area contributed by atoms with Gasteiger partial charge in [-0.15, -0.1) is 0 Å². The third-order valence-electron chi connectivity index (χ3n) is 2.43. The molecule has 0 atom stereocenters. The highest BCUT2D eigenvalue weighted by atomic mass is 79.9. The van der Waals surface area contributed by atoms with Crippen LogP contribution in [0.5, 0.6) is 5.75 Å². The number of anilines is 2. The predicted molar refractivity (Wildman–Crippen MR) is 87.0 cm³/mol. The maximum Gasteiger partial charge on any atom is 0.175 e. The first-order valence-electron chi connectivity index (χ1n) is 5.65. The van der Waals surface area contributed by atoms with E-state index in [1.807, 2.05) is 48.5 Å². The van der Waals surface area contributed by atoms with Crippen LogP contribution >= 0.6 is 28.1 Å². The van der Waals surface area contributed by atoms with Crippen molar-refractivity contribution >= 4 is 44.6 Å². The molecule has 0 aromatic heterocycles. The number of rotatable bonds is 3. The molecule has 2 N–H and O–H groups in total. The van der Waals surface area contributed by atoms with Crippen LogP contribution in [0.1, 0.15) is 0 Å². The molecule has 0 heterocycles. The van der Waals surface area contributed by atoms with E-state index in [4.69, 9.17) is 17.0 Å². The van der Waals surface area contributed by atoms with Gasteiger partial charge in [-0.05, 0) is 48.6 Å². The molecule has 2 aromatic carbocycles. The Bertz CT molecular complexity index is 572. The molecular formula is C14H13BrN2OS. The lowest BCUT2D eigenvalue weighted by atomic mass is 10.3. The Balaban J connectivity index is 1.99. The predicted octanol–water partition coefficient (Wildman–Crippen LogP) is 4.27. The Labute approximate surface area is 126 Å². The number of halogens is 1. The zero-order valence-corrected chi connectivity index (χ0v) is 12.7. The van der Waals surface area contributed by atoms with E-state index < -0.39 is 0 Å². The molecule has 0 unspecified atom stereocenters. The van der Waals surface area contributed by atoms with E-state index in [9.17, 15) is 0 Å². The van der Waals surface area contributed by atoms with E-state index in [0.29, 0.717) is 5.11 Å². The monoisotopic (exact) mass is 336 g/mol. The molecule has 0 bridgehead atoms. The minimum Gasteiger partial charge on any atom is -0.497 e. The van der Waals surface area contributed by atoms with Crippen LogP contribution in [0.4, 0.5) is 11.4 Å². The van der Waals surface area contributed by atoms with E-state index in [2.05, 4.69) is 26.6 Å². The van der Waals surface area contributed by atoms with Crippen molar-refractivity contribution in [2.75, 3.05) is 17.7 Å². The molecule has 0 spiro atoms. The Morgan fingerprint density at radius 2 is 1.74 bits per heavy atom. The molecule has 2 aromatic rings. The van der Waals surface area contributed by atoms with Gasteiger partial charge in [0.15, 0.2) is 5.11 Å². The molecule has 0 aliphatic rings. The van der Waals surface area contributed by atoms with Crippen molar-refractivity contribution in [3.63, 3.8) is 0 Å². The van der Waals surface area contributed by atoms with Gasteiger partial charge in [-0.2, -0.15) is 0 Å². The fraction of sp³-hybridized carbons (Fsp3) is 0.0714. The van der Waals surface area contributed by atoms with E-state index >= 15 is 0 Å². The van der Waals surface area contributed by atoms with Gasteiger partial charge in [0, 0.05) is 21.9 Å². The van der Waals surface area contributed by atoms with Gasteiger partial charge in [0.2, 0.25) is 0 Å². The summed E-state index contributed by atoms with van der Waals surface area (Å²) in [5, 5.41) is 6.76. The molecule has 0 aliphatic carbocycles. The van der Waals surface area contributed by atoms with Crippen LogP contribution in [0.15, 0.2) is 53.0 Å². The standard InChI is InChI=1S/C14H13BrN2OS/c1-18-13-4-2-3-12(9-13)17-14(19)16-11-7-5-10(15)6-8-11/h2-9H,1H3,(H2,16,17,19). The lowest BCUT2D eigenvalue weighted by Crippen LogP contribution is -2.18. The summed E-state index contributed by atoms with van der Waals surface area (Å²) in [5.74, 6) is 0.788. The minimum atomic E-state index is 0.538. The number of thiocarbonyl (C=S) groups is 1. The number of ether oxygens (including phenoxy) is 1. The average molecular weight is 337 g/mol. The van der Waals surface area contributed by atoms with Gasteiger partial charge in [-0.25, -0.2) is 0 Å². The fourth-order valence-electron chi connectivity index (χ4n) is 1.53. The van der Waals surface area contributed by atoms with Crippen molar-refractivity contribution in [1.29, 1.82) is 0 Å². The van der Waals surface area contributed by atoms with E-state index in [1.54, 1.807) is 7.11 Å². The van der Waals surface area contributed by atoms with Gasteiger partial charge in [-0.3, -0.25) is 0 Å². The maximum absolute atomic E-state index is 5.26. The molecule has 0 radical (unpaired) electrons. The molecule has 98 valence electrons. The van der Waals surface area contributed by atoms with Crippen LogP contribution in [0, 0.1) is 0 Å². The smallest absolute Gasteiger partial charge is 0.175 e. The number of hydrogen-bond acceptors (Lipinski definition) is 2. The summed E-state index contributed by atoms with van der Waals surface area (Å²) in [7, 11) is 1.64. The quantitative estimate of drug-likeness (QED) is 0.820. The fourth-order valence-corrected chi connectivity index (χ4v) is 2.03. The number of nitrogens with one attached hydrogen (secondary N) is 2. The molecule has 0 saturated carbocycles. The van der Waals surface area contributed by atoms with Crippen molar-refractivity contribution in [1.82, 2.24) is 0 Å². The van der Waals surface area contributed by atoms with Gasteiger partial charge in [-0.1, -0.05) is 22.0 Å². The van der Waals surface area contributed by atoms with Gasteiger partial charge in [0.05, 0.1) is 7.11 Å². The van der Waals surface area contributed by atoms with Crippen molar-refractivity contribution in [3.8, 4) is 5.75 Å². The summed E-state index contributed by atoms with van der Waals surface area (Å²) in [4.78, 5) is 0. The van der Waals surface area contributed by atoms with E-state index in [-0.39, 0.29) is 0 Å². The van der Waals surface area contributed by atoms with Crippen LogP contribution in [-0.2, 0) is 0 Å². The highest BCUT2D eigenvalue weighted by molar-refractivity contribution is 9.10. The van der Waals surface area contributed by atoms with E-state index in [1.165, 1.54) is 0 Å². The number of hydrogen-bond donors (Lipinski definition) is 2. The largest absolute Gasteiger partial charge is 0.497 e. The van der Waals surface area contributed by atoms with E-state index in [0.717, 1.165) is 21.6 Å². The summed E-state index contributed by atoms with van der Waals surface area (Å²) < 4.78 is 6.19. The Kier molecular flexibility index (Phi) is 4.76. The molecule has 19 heavy (non-hydrogen) atoms. The summed E-state index contributed by atoms with van der Waals surface area (Å²) in [5.41, 5.74) is 1.82. The summed E-state index contributed by atoms with van der Waals surface area (Å²) in [6.07, 6.45) is 0. The molecule has 0 fully saturated rings. The van der Waals surface area contributed by atoms with Crippen LogP contribution < -0.4 is 15.4 Å². The second-order valence-electron chi connectivity index (χ2n) is 3.82. The molecule has 2 rings (SSSR count). The molecule has 0 amide bonds. The normalized spacial score (nSPS) is 9.79. The van der Waals surface area contributed by atoms with Gasteiger partial charge >= 0.3 is 0 Å². The zero-order valence-electron chi connectivity index (χ0n) is 10.3. The second-order valence-corrected chi connectivity index (χ2v) is 5.14. The Morgan fingerprint density at radius 1 is 1.05 bits per heavy atom. The summed E-state index contributed by atoms with van der Waals surface area (Å²) >= 11 is 8.65. The Hall–Kier alpha value is -1.59. The molecule has 5 heteroatoms. The third kappa shape index (κ3) is 4.22. The first-order valence-corrected chi connectivity index (χ1v) is 6.85. The van der Waals surface area contributed by atoms with Crippen molar-refractivity contribution in [2.45, 2.75) is 0 Å². The first-order chi connectivity index (χ1) is 9.17.